The lowest BCUT2D eigenvalue weighted by Crippen LogP contribution is -2.13. The second-order valence-corrected chi connectivity index (χ2v) is 3.61. The van der Waals surface area contributed by atoms with E-state index in [2.05, 4.69) is 48.5 Å². The maximum absolute atomic E-state index is 5.84. The van der Waals surface area contributed by atoms with E-state index in [1.165, 1.54) is 11.1 Å². The average molecular weight is 278 g/mol. The Balaban J connectivity index is 0.00000128. The lowest BCUT2D eigenvalue weighted by Gasteiger charge is -2.15. The summed E-state index contributed by atoms with van der Waals surface area (Å²) in [4.78, 5) is 0. The van der Waals surface area contributed by atoms with Crippen LogP contribution in [0.1, 0.15) is 17.0 Å². The van der Waals surface area contributed by atoms with Crippen LogP contribution in [0.4, 0.5) is 0 Å². The van der Waals surface area contributed by atoms with Gasteiger partial charge in [-0.2, -0.15) is 0 Å². The molecule has 84 valence electrons. The van der Waals surface area contributed by atoms with Crippen molar-refractivity contribution in [2.75, 3.05) is 6.54 Å². The maximum atomic E-state index is 5.84. The molecule has 0 amide bonds. The van der Waals surface area contributed by atoms with Crippen molar-refractivity contribution in [2.24, 2.45) is 5.73 Å². The third-order valence-electron chi connectivity index (χ3n) is 2.64. The number of nitrogens with two attached hydrogens (primary N) is 1. The highest BCUT2D eigenvalue weighted by Gasteiger charge is 2.10. The van der Waals surface area contributed by atoms with Crippen molar-refractivity contribution >= 4 is 17.0 Å². The highest BCUT2D eigenvalue weighted by molar-refractivity contribution is 8.93. The van der Waals surface area contributed by atoms with Gasteiger partial charge in [0.15, 0.2) is 0 Å². The summed E-state index contributed by atoms with van der Waals surface area (Å²) in [6.07, 6.45) is 0. The van der Waals surface area contributed by atoms with Crippen LogP contribution in [0, 0.1) is 0 Å². The van der Waals surface area contributed by atoms with Gasteiger partial charge in [-0.3, -0.25) is 0 Å². The van der Waals surface area contributed by atoms with Gasteiger partial charge in [-0.05, 0) is 11.1 Å². The van der Waals surface area contributed by atoms with E-state index in [9.17, 15) is 0 Å². The molecule has 1 nitrogen and oxygen atoms in total. The number of halogens is 1. The van der Waals surface area contributed by atoms with Crippen molar-refractivity contribution in [3.63, 3.8) is 0 Å². The van der Waals surface area contributed by atoms with E-state index >= 15 is 0 Å². The normalized spacial score (nSPS) is 9.88. The van der Waals surface area contributed by atoms with Crippen molar-refractivity contribution in [3.8, 4) is 0 Å². The van der Waals surface area contributed by atoms with Gasteiger partial charge in [-0.1, -0.05) is 60.7 Å². The van der Waals surface area contributed by atoms with E-state index in [1.807, 2.05) is 12.1 Å². The molecule has 2 aromatic rings. The first-order valence-corrected chi connectivity index (χ1v) is 5.22. The minimum Gasteiger partial charge on any atom is -0.330 e. The van der Waals surface area contributed by atoms with Crippen LogP contribution in [-0.4, -0.2) is 6.54 Å². The Bertz CT molecular complexity index is 360. The first-order chi connectivity index (χ1) is 7.42. The molecule has 0 spiro atoms. The van der Waals surface area contributed by atoms with E-state index < -0.39 is 0 Å². The van der Waals surface area contributed by atoms with Gasteiger partial charge in [-0.25, -0.2) is 0 Å². The molecule has 0 atom stereocenters. The van der Waals surface area contributed by atoms with Crippen molar-refractivity contribution in [1.29, 1.82) is 0 Å². The van der Waals surface area contributed by atoms with Crippen LogP contribution < -0.4 is 5.73 Å². The minimum atomic E-state index is 0. The standard InChI is InChI=1S/C14H15N.BrH/c15-11-14(12-7-3-1-4-8-12)13-9-5-2-6-10-13;/h1-10,14H,11,15H2;1H. The van der Waals surface area contributed by atoms with Gasteiger partial charge >= 0.3 is 0 Å². The molecule has 2 heteroatoms. The molecular weight excluding hydrogens is 262 g/mol. The average Bonchev–Trinajstić information content (AvgIpc) is 2.33. The van der Waals surface area contributed by atoms with E-state index in [0.717, 1.165) is 0 Å². The van der Waals surface area contributed by atoms with E-state index in [1.54, 1.807) is 0 Å². The molecule has 2 N–H and O–H groups in total. The maximum Gasteiger partial charge on any atom is 0.0212 e. The van der Waals surface area contributed by atoms with Crippen LogP contribution in [0.5, 0.6) is 0 Å². The number of rotatable bonds is 3. The summed E-state index contributed by atoms with van der Waals surface area (Å²) in [7, 11) is 0. The smallest absolute Gasteiger partial charge is 0.0212 e. The summed E-state index contributed by atoms with van der Waals surface area (Å²) in [5.74, 6) is 0.312. The molecule has 0 saturated carbocycles. The Kier molecular flexibility index (Phi) is 5.23. The second-order valence-electron chi connectivity index (χ2n) is 3.61. The van der Waals surface area contributed by atoms with Crippen molar-refractivity contribution in [1.82, 2.24) is 0 Å². The van der Waals surface area contributed by atoms with Crippen LogP contribution in [0.2, 0.25) is 0 Å². The molecule has 0 unspecified atom stereocenters. The van der Waals surface area contributed by atoms with Crippen LogP contribution in [0.3, 0.4) is 0 Å². The van der Waals surface area contributed by atoms with Crippen molar-refractivity contribution < 1.29 is 0 Å². The molecule has 0 aliphatic carbocycles. The lowest BCUT2D eigenvalue weighted by atomic mass is 9.92. The number of hydrogen-bond donors (Lipinski definition) is 1. The predicted octanol–water partition coefficient (Wildman–Crippen LogP) is 3.36. The summed E-state index contributed by atoms with van der Waals surface area (Å²) in [6, 6.07) is 20.8. The van der Waals surface area contributed by atoms with Crippen LogP contribution in [0.15, 0.2) is 60.7 Å². The second kappa shape index (κ2) is 6.46. The van der Waals surface area contributed by atoms with Crippen LogP contribution in [-0.2, 0) is 0 Å². The minimum absolute atomic E-state index is 0. The summed E-state index contributed by atoms with van der Waals surface area (Å²) in [5.41, 5.74) is 8.40. The Hall–Kier alpha value is -1.12. The topological polar surface area (TPSA) is 26.0 Å². The predicted molar refractivity (Wildman–Crippen MR) is 74.1 cm³/mol. The highest BCUT2D eigenvalue weighted by atomic mass is 79.9. The third-order valence-corrected chi connectivity index (χ3v) is 2.64. The van der Waals surface area contributed by atoms with Gasteiger partial charge in [0.05, 0.1) is 0 Å². The van der Waals surface area contributed by atoms with E-state index in [0.29, 0.717) is 12.5 Å². The zero-order valence-corrected chi connectivity index (χ0v) is 10.8. The zero-order valence-electron chi connectivity index (χ0n) is 9.04. The summed E-state index contributed by atoms with van der Waals surface area (Å²) in [5, 5.41) is 0. The lowest BCUT2D eigenvalue weighted by molar-refractivity contribution is 0.819. The fourth-order valence-corrected chi connectivity index (χ4v) is 1.84. The van der Waals surface area contributed by atoms with Gasteiger partial charge in [0, 0.05) is 12.5 Å². The van der Waals surface area contributed by atoms with Gasteiger partial charge in [0.2, 0.25) is 0 Å². The van der Waals surface area contributed by atoms with Gasteiger partial charge in [0.1, 0.15) is 0 Å². The Morgan fingerprint density at radius 2 is 1.12 bits per heavy atom. The molecule has 0 saturated heterocycles. The molecule has 0 heterocycles. The third kappa shape index (κ3) is 2.94. The van der Waals surface area contributed by atoms with E-state index in [4.69, 9.17) is 5.73 Å². The highest BCUT2D eigenvalue weighted by Crippen LogP contribution is 2.22. The largest absolute Gasteiger partial charge is 0.330 e. The monoisotopic (exact) mass is 277 g/mol. The van der Waals surface area contributed by atoms with E-state index in [-0.39, 0.29) is 17.0 Å². The molecule has 16 heavy (non-hydrogen) atoms. The molecule has 2 rings (SSSR count). The fourth-order valence-electron chi connectivity index (χ4n) is 1.84. The first-order valence-electron chi connectivity index (χ1n) is 5.22. The van der Waals surface area contributed by atoms with Crippen molar-refractivity contribution in [3.05, 3.63) is 71.8 Å². The molecular formula is C14H16BrN. The Morgan fingerprint density at radius 1 is 0.750 bits per heavy atom. The molecule has 2 aromatic carbocycles. The molecule has 0 radical (unpaired) electrons. The van der Waals surface area contributed by atoms with Gasteiger partial charge in [-0.15, -0.1) is 17.0 Å². The molecule has 0 aromatic heterocycles. The molecule has 0 fully saturated rings. The van der Waals surface area contributed by atoms with Crippen LogP contribution >= 0.6 is 17.0 Å². The fraction of sp³-hybridized carbons (Fsp3) is 0.143. The van der Waals surface area contributed by atoms with Crippen LogP contribution in [0.25, 0.3) is 0 Å². The molecule has 0 aliphatic heterocycles. The number of benzene rings is 2. The summed E-state index contributed by atoms with van der Waals surface area (Å²) in [6.45, 7) is 0.647. The zero-order chi connectivity index (χ0) is 10.5. The number of hydrogen-bond acceptors (Lipinski definition) is 1. The Morgan fingerprint density at radius 3 is 1.44 bits per heavy atom. The summed E-state index contributed by atoms with van der Waals surface area (Å²) >= 11 is 0. The van der Waals surface area contributed by atoms with Crippen molar-refractivity contribution in [2.45, 2.75) is 5.92 Å². The van der Waals surface area contributed by atoms with Gasteiger partial charge in [0.25, 0.3) is 0 Å². The molecule has 0 aliphatic rings. The van der Waals surface area contributed by atoms with Gasteiger partial charge < -0.3 is 5.73 Å². The quantitative estimate of drug-likeness (QED) is 0.915. The first kappa shape index (κ1) is 12.9. The summed E-state index contributed by atoms with van der Waals surface area (Å²) < 4.78 is 0. The SMILES string of the molecule is Br.NCC(c1ccccc1)c1ccccc1. The molecule has 0 bridgehead atoms. The Labute approximate surface area is 107 Å².